The maximum Gasteiger partial charge on any atom is 0.220 e. The number of carbonyl (C=O) groups excluding carboxylic acids is 2. The zero-order valence-electron chi connectivity index (χ0n) is 17.0. The van der Waals surface area contributed by atoms with Gasteiger partial charge in [-0.1, -0.05) is 69.9 Å². The third kappa shape index (κ3) is 10.8. The van der Waals surface area contributed by atoms with Gasteiger partial charge in [-0.2, -0.15) is 0 Å². The molecule has 0 spiro atoms. The first-order chi connectivity index (χ1) is 13.1. The minimum Gasteiger partial charge on any atom is -0.370 e. The van der Waals surface area contributed by atoms with E-state index < -0.39 is 0 Å². The fourth-order valence-corrected chi connectivity index (χ4v) is 3.30. The van der Waals surface area contributed by atoms with Crippen LogP contribution in [0.5, 0.6) is 0 Å². The van der Waals surface area contributed by atoms with Crippen LogP contribution in [0.3, 0.4) is 0 Å². The lowest BCUT2D eigenvalue weighted by Crippen LogP contribution is -2.51. The van der Waals surface area contributed by atoms with E-state index in [1.807, 2.05) is 18.2 Å². The number of rotatable bonds is 15. The summed E-state index contributed by atoms with van der Waals surface area (Å²) in [4.78, 5) is 23.8. The van der Waals surface area contributed by atoms with Crippen LogP contribution in [0.4, 0.5) is 0 Å². The van der Waals surface area contributed by atoms with Crippen LogP contribution in [-0.4, -0.2) is 30.4 Å². The van der Waals surface area contributed by atoms with E-state index in [1.165, 1.54) is 24.8 Å². The average molecular weight is 376 g/mol. The summed E-state index contributed by atoms with van der Waals surface area (Å²) in [6, 6.07) is 10.0. The Hall–Kier alpha value is -1.88. The number of nitrogens with two attached hydrogens (primary N) is 1. The SMILES string of the molecule is CCCCCCCC(=O)N[C@H](CC(N)=O)C(CC)NCCc1ccccc1. The van der Waals surface area contributed by atoms with Crippen LogP contribution >= 0.6 is 0 Å². The van der Waals surface area contributed by atoms with Gasteiger partial charge >= 0.3 is 0 Å². The number of benzene rings is 1. The van der Waals surface area contributed by atoms with E-state index in [1.54, 1.807) is 0 Å². The quantitative estimate of drug-likeness (QED) is 0.411. The van der Waals surface area contributed by atoms with Crippen molar-refractivity contribution >= 4 is 11.8 Å². The third-order valence-corrected chi connectivity index (χ3v) is 4.86. The van der Waals surface area contributed by atoms with Gasteiger partial charge in [0.05, 0.1) is 6.04 Å². The smallest absolute Gasteiger partial charge is 0.220 e. The van der Waals surface area contributed by atoms with Gasteiger partial charge in [-0.05, 0) is 31.4 Å². The Morgan fingerprint density at radius 2 is 1.70 bits per heavy atom. The van der Waals surface area contributed by atoms with E-state index in [2.05, 4.69) is 36.6 Å². The number of nitrogens with one attached hydrogen (secondary N) is 2. The van der Waals surface area contributed by atoms with Crippen LogP contribution in [0.2, 0.25) is 0 Å². The van der Waals surface area contributed by atoms with Gasteiger partial charge in [0.25, 0.3) is 0 Å². The molecule has 0 radical (unpaired) electrons. The lowest BCUT2D eigenvalue weighted by atomic mass is 10.0. The fraction of sp³-hybridized carbons (Fsp3) is 0.636. The van der Waals surface area contributed by atoms with Crippen molar-refractivity contribution in [1.29, 1.82) is 0 Å². The molecule has 1 aromatic rings. The molecule has 0 aliphatic rings. The van der Waals surface area contributed by atoms with Gasteiger partial charge in [0, 0.05) is 18.9 Å². The van der Waals surface area contributed by atoms with Crippen molar-refractivity contribution in [3.8, 4) is 0 Å². The molecule has 0 aromatic heterocycles. The van der Waals surface area contributed by atoms with Crippen LogP contribution in [0, 0.1) is 0 Å². The van der Waals surface area contributed by atoms with E-state index >= 15 is 0 Å². The predicted molar refractivity (Wildman–Crippen MR) is 111 cm³/mol. The Morgan fingerprint density at radius 3 is 2.33 bits per heavy atom. The highest BCUT2D eigenvalue weighted by Gasteiger charge is 2.23. The second-order valence-electron chi connectivity index (χ2n) is 7.21. The molecule has 0 bridgehead atoms. The summed E-state index contributed by atoms with van der Waals surface area (Å²) in [5.41, 5.74) is 6.68. The highest BCUT2D eigenvalue weighted by atomic mass is 16.2. The minimum atomic E-state index is -0.383. The van der Waals surface area contributed by atoms with Crippen molar-refractivity contribution < 1.29 is 9.59 Å². The van der Waals surface area contributed by atoms with Crippen LogP contribution in [-0.2, 0) is 16.0 Å². The highest BCUT2D eigenvalue weighted by Crippen LogP contribution is 2.08. The van der Waals surface area contributed by atoms with Gasteiger partial charge in [-0.3, -0.25) is 9.59 Å². The predicted octanol–water partition coefficient (Wildman–Crippen LogP) is 3.32. The molecule has 2 atom stereocenters. The lowest BCUT2D eigenvalue weighted by molar-refractivity contribution is -0.123. The zero-order chi connectivity index (χ0) is 19.9. The Labute approximate surface area is 164 Å². The first-order valence-electron chi connectivity index (χ1n) is 10.4. The van der Waals surface area contributed by atoms with Gasteiger partial charge in [0.1, 0.15) is 0 Å². The van der Waals surface area contributed by atoms with Crippen molar-refractivity contribution in [1.82, 2.24) is 10.6 Å². The molecule has 0 saturated heterocycles. The van der Waals surface area contributed by atoms with E-state index in [0.29, 0.717) is 6.42 Å². The molecule has 0 aliphatic heterocycles. The number of hydrogen-bond acceptors (Lipinski definition) is 3. The number of primary amides is 1. The zero-order valence-corrected chi connectivity index (χ0v) is 17.0. The third-order valence-electron chi connectivity index (χ3n) is 4.86. The van der Waals surface area contributed by atoms with Gasteiger partial charge in [0.15, 0.2) is 0 Å². The van der Waals surface area contributed by atoms with Crippen molar-refractivity contribution in [2.45, 2.75) is 83.7 Å². The van der Waals surface area contributed by atoms with Crippen molar-refractivity contribution in [3.05, 3.63) is 35.9 Å². The van der Waals surface area contributed by atoms with E-state index in [9.17, 15) is 9.59 Å². The summed E-state index contributed by atoms with van der Waals surface area (Å²) in [6.45, 7) is 5.03. The maximum atomic E-state index is 12.3. The van der Waals surface area contributed by atoms with Crippen LogP contribution in [0.1, 0.15) is 70.8 Å². The molecule has 0 fully saturated rings. The van der Waals surface area contributed by atoms with Gasteiger partial charge in [-0.15, -0.1) is 0 Å². The minimum absolute atomic E-state index is 0.0149. The molecule has 2 amide bonds. The normalized spacial score (nSPS) is 13.1. The number of unbranched alkanes of at least 4 members (excludes halogenated alkanes) is 4. The molecule has 152 valence electrons. The number of hydrogen-bond donors (Lipinski definition) is 3. The summed E-state index contributed by atoms with van der Waals surface area (Å²) < 4.78 is 0. The van der Waals surface area contributed by atoms with Gasteiger partial charge in [0.2, 0.25) is 11.8 Å². The molecule has 5 nitrogen and oxygen atoms in total. The molecule has 1 rings (SSSR count). The molecule has 5 heteroatoms. The van der Waals surface area contributed by atoms with Crippen LogP contribution in [0.15, 0.2) is 30.3 Å². The second kappa shape index (κ2) is 14.2. The Balaban J connectivity index is 2.47. The summed E-state index contributed by atoms with van der Waals surface area (Å²) in [5.74, 6) is -0.368. The largest absolute Gasteiger partial charge is 0.370 e. The first kappa shape index (κ1) is 23.2. The molecule has 27 heavy (non-hydrogen) atoms. The second-order valence-corrected chi connectivity index (χ2v) is 7.21. The Bertz CT molecular complexity index is 534. The molecule has 0 saturated carbocycles. The topological polar surface area (TPSA) is 84.2 Å². The van der Waals surface area contributed by atoms with E-state index in [0.717, 1.165) is 32.2 Å². The molecule has 0 heterocycles. The maximum absolute atomic E-state index is 12.3. The van der Waals surface area contributed by atoms with E-state index in [-0.39, 0.29) is 30.3 Å². The molecule has 1 unspecified atom stereocenters. The van der Waals surface area contributed by atoms with Gasteiger partial charge in [-0.25, -0.2) is 0 Å². The summed E-state index contributed by atoms with van der Waals surface area (Å²) >= 11 is 0. The Morgan fingerprint density at radius 1 is 1.00 bits per heavy atom. The molecule has 4 N–H and O–H groups in total. The monoisotopic (exact) mass is 375 g/mol. The molecule has 1 aromatic carbocycles. The summed E-state index contributed by atoms with van der Waals surface area (Å²) in [6.07, 6.45) is 7.97. The molecular weight excluding hydrogens is 338 g/mol. The molecule has 0 aliphatic carbocycles. The standard InChI is InChI=1S/C22H37N3O2/c1-3-5-6-7-11-14-22(27)25-20(17-21(23)26)19(4-2)24-16-15-18-12-9-8-10-13-18/h8-10,12-13,19-20,24H,3-7,11,14-17H2,1-2H3,(H2,23,26)(H,25,27)/t19?,20-/m1/s1. The van der Waals surface area contributed by atoms with Crippen LogP contribution in [0.25, 0.3) is 0 Å². The first-order valence-corrected chi connectivity index (χ1v) is 10.4. The fourth-order valence-electron chi connectivity index (χ4n) is 3.30. The summed E-state index contributed by atoms with van der Waals surface area (Å²) in [5, 5.41) is 6.53. The Kier molecular flexibility index (Phi) is 12.2. The lowest BCUT2D eigenvalue weighted by Gasteiger charge is -2.27. The van der Waals surface area contributed by atoms with Crippen molar-refractivity contribution in [2.75, 3.05) is 6.54 Å². The average Bonchev–Trinajstić information content (AvgIpc) is 2.65. The van der Waals surface area contributed by atoms with Crippen LogP contribution < -0.4 is 16.4 Å². The summed E-state index contributed by atoms with van der Waals surface area (Å²) in [7, 11) is 0. The highest BCUT2D eigenvalue weighted by molar-refractivity contribution is 5.79. The van der Waals surface area contributed by atoms with E-state index in [4.69, 9.17) is 5.73 Å². The number of carbonyl (C=O) groups is 2. The van der Waals surface area contributed by atoms with Crippen molar-refractivity contribution in [2.24, 2.45) is 5.73 Å². The van der Waals surface area contributed by atoms with Crippen molar-refractivity contribution in [3.63, 3.8) is 0 Å². The number of amides is 2. The van der Waals surface area contributed by atoms with Gasteiger partial charge < -0.3 is 16.4 Å². The molecular formula is C22H37N3O2.